The zero-order valence-electron chi connectivity index (χ0n) is 26.2. The number of nitrogens with one attached hydrogen (secondary N) is 1. The normalized spacial score (nSPS) is 16.7. The molecule has 3 aliphatic carbocycles. The van der Waals surface area contributed by atoms with Gasteiger partial charge < -0.3 is 4.98 Å². The van der Waals surface area contributed by atoms with Crippen molar-refractivity contribution in [1.29, 1.82) is 0 Å². The first-order valence-corrected chi connectivity index (χ1v) is 18.1. The molecule has 5 aromatic carbocycles. The summed E-state index contributed by atoms with van der Waals surface area (Å²) in [6.45, 7) is 0. The van der Waals surface area contributed by atoms with E-state index in [-0.39, 0.29) is 0 Å². The molecule has 7 aromatic rings. The van der Waals surface area contributed by atoms with E-state index >= 15 is 0 Å². The summed E-state index contributed by atoms with van der Waals surface area (Å²) in [6, 6.07) is 35.1. The topological polar surface area (TPSA) is 15.8 Å². The van der Waals surface area contributed by atoms with Crippen LogP contribution in [0, 0.1) is 0 Å². The van der Waals surface area contributed by atoms with Crippen LogP contribution in [0.15, 0.2) is 108 Å². The lowest BCUT2D eigenvalue weighted by Crippen LogP contribution is -2.06. The SMILES string of the molecule is C1=C(c2cc(-c3ccc4[nH]c5ccccc5c4c3)c3sc4ccc(-c5cccc6c5CCCC6)cc4c3c2)C2=C(CC1)CCCC2. The van der Waals surface area contributed by atoms with Crippen LogP contribution in [0.25, 0.3) is 69.8 Å². The number of benzene rings is 5. The van der Waals surface area contributed by atoms with Crippen molar-refractivity contribution in [1.82, 2.24) is 4.98 Å². The number of hydrogen-bond acceptors (Lipinski definition) is 1. The van der Waals surface area contributed by atoms with E-state index in [1.54, 1.807) is 22.3 Å². The van der Waals surface area contributed by atoms with Gasteiger partial charge in [0.1, 0.15) is 0 Å². The highest BCUT2D eigenvalue weighted by molar-refractivity contribution is 7.26. The van der Waals surface area contributed by atoms with Gasteiger partial charge in [0.25, 0.3) is 0 Å². The maximum Gasteiger partial charge on any atom is 0.0465 e. The molecule has 10 rings (SSSR count). The molecule has 1 N–H and O–H groups in total. The average Bonchev–Trinajstić information content (AvgIpc) is 3.68. The van der Waals surface area contributed by atoms with E-state index in [4.69, 9.17) is 0 Å². The van der Waals surface area contributed by atoms with E-state index in [0.29, 0.717) is 0 Å². The molecular weight excluding hydrogens is 575 g/mol. The molecule has 0 atom stereocenters. The summed E-state index contributed by atoms with van der Waals surface area (Å²) < 4.78 is 2.78. The highest BCUT2D eigenvalue weighted by Gasteiger charge is 2.23. The molecule has 2 aromatic heterocycles. The predicted octanol–water partition coefficient (Wildman–Crippen LogP) is 12.9. The lowest BCUT2D eigenvalue weighted by Gasteiger charge is -2.27. The molecule has 2 heterocycles. The fourth-order valence-electron chi connectivity index (χ4n) is 8.86. The van der Waals surface area contributed by atoms with E-state index in [1.165, 1.54) is 133 Å². The van der Waals surface area contributed by atoms with Crippen LogP contribution >= 0.6 is 11.3 Å². The maximum absolute atomic E-state index is 3.64. The molecule has 224 valence electrons. The number of H-pyrrole nitrogens is 1. The number of aromatic nitrogens is 1. The van der Waals surface area contributed by atoms with Crippen LogP contribution < -0.4 is 0 Å². The molecule has 0 fully saturated rings. The predicted molar refractivity (Wildman–Crippen MR) is 199 cm³/mol. The van der Waals surface area contributed by atoms with Gasteiger partial charge >= 0.3 is 0 Å². The van der Waals surface area contributed by atoms with Crippen LogP contribution in [0.2, 0.25) is 0 Å². The first-order chi connectivity index (χ1) is 22.8. The van der Waals surface area contributed by atoms with Gasteiger partial charge in [-0.2, -0.15) is 0 Å². The molecule has 0 radical (unpaired) electrons. The molecule has 46 heavy (non-hydrogen) atoms. The zero-order valence-corrected chi connectivity index (χ0v) is 27.0. The van der Waals surface area contributed by atoms with Crippen molar-refractivity contribution in [3.8, 4) is 22.3 Å². The number of aryl methyl sites for hydroxylation is 1. The Hall–Kier alpha value is -4.40. The highest BCUT2D eigenvalue weighted by Crippen LogP contribution is 2.47. The van der Waals surface area contributed by atoms with Gasteiger partial charge in [0.05, 0.1) is 0 Å². The summed E-state index contributed by atoms with van der Waals surface area (Å²) in [4.78, 5) is 3.64. The smallest absolute Gasteiger partial charge is 0.0465 e. The Bertz CT molecular complexity index is 2430. The second kappa shape index (κ2) is 10.6. The quantitative estimate of drug-likeness (QED) is 0.205. The Morgan fingerprint density at radius 2 is 1.35 bits per heavy atom. The molecule has 2 heteroatoms. The standard InChI is InChI=1S/C44H37NS/c1-3-13-32-27(9-1)11-7-16-34(32)29-20-22-43-39(24-29)40-26-31(35-17-8-12-28-10-2-4-14-33(28)35)25-37(44(40)46-43)30-19-21-42-38(23-30)36-15-5-6-18-41(36)45-42/h5-7,11,15-26,45H,1-4,8-10,12-14H2. The molecule has 1 nitrogen and oxygen atoms in total. The number of rotatable bonds is 3. The van der Waals surface area contributed by atoms with E-state index < -0.39 is 0 Å². The van der Waals surface area contributed by atoms with Gasteiger partial charge in [0.2, 0.25) is 0 Å². The summed E-state index contributed by atoms with van der Waals surface area (Å²) in [5, 5.41) is 5.41. The van der Waals surface area contributed by atoms with E-state index in [0.717, 1.165) is 6.42 Å². The first-order valence-electron chi connectivity index (χ1n) is 17.3. The molecule has 0 unspecified atom stereocenters. The lowest BCUT2D eigenvalue weighted by atomic mass is 9.78. The van der Waals surface area contributed by atoms with Crippen LogP contribution in [0.5, 0.6) is 0 Å². The first kappa shape index (κ1) is 26.8. The fraction of sp³-hybridized carbons (Fsp3) is 0.227. The van der Waals surface area contributed by atoms with Crippen LogP contribution in [-0.4, -0.2) is 4.98 Å². The Morgan fingerprint density at radius 3 is 2.35 bits per heavy atom. The van der Waals surface area contributed by atoms with Crippen LogP contribution in [0.4, 0.5) is 0 Å². The largest absolute Gasteiger partial charge is 0.355 e. The monoisotopic (exact) mass is 611 g/mol. The van der Waals surface area contributed by atoms with Gasteiger partial charge in [-0.15, -0.1) is 11.3 Å². The molecule has 0 aliphatic heterocycles. The maximum atomic E-state index is 3.64. The number of allylic oxidation sites excluding steroid dienone is 4. The third-order valence-corrected chi connectivity index (χ3v) is 12.3. The summed E-state index contributed by atoms with van der Waals surface area (Å²) in [7, 11) is 0. The van der Waals surface area contributed by atoms with Gasteiger partial charge in [-0.3, -0.25) is 0 Å². The van der Waals surface area contributed by atoms with Crippen LogP contribution in [0.3, 0.4) is 0 Å². The van der Waals surface area contributed by atoms with Gasteiger partial charge in [-0.1, -0.05) is 60.2 Å². The molecule has 3 aliphatic rings. The van der Waals surface area contributed by atoms with Crippen molar-refractivity contribution in [3.63, 3.8) is 0 Å². The fourth-order valence-corrected chi connectivity index (χ4v) is 10.1. The molecule has 0 amide bonds. The second-order valence-electron chi connectivity index (χ2n) is 13.7. The third-order valence-electron chi connectivity index (χ3n) is 11.1. The van der Waals surface area contributed by atoms with Crippen molar-refractivity contribution in [2.75, 3.05) is 0 Å². The van der Waals surface area contributed by atoms with Crippen molar-refractivity contribution in [2.45, 2.75) is 64.2 Å². The van der Waals surface area contributed by atoms with Gasteiger partial charge in [-0.25, -0.2) is 0 Å². The van der Waals surface area contributed by atoms with Gasteiger partial charge in [0.15, 0.2) is 0 Å². The third kappa shape index (κ3) is 4.19. The van der Waals surface area contributed by atoms with Crippen LogP contribution in [0.1, 0.15) is 68.1 Å². The molecule has 0 saturated heterocycles. The van der Waals surface area contributed by atoms with Crippen molar-refractivity contribution < 1.29 is 0 Å². The van der Waals surface area contributed by atoms with Crippen LogP contribution in [-0.2, 0) is 12.8 Å². The summed E-state index contributed by atoms with van der Waals surface area (Å²) in [5.74, 6) is 0. The minimum Gasteiger partial charge on any atom is -0.355 e. The number of para-hydroxylation sites is 1. The summed E-state index contributed by atoms with van der Waals surface area (Å²) in [6.07, 6.45) is 15.2. The number of hydrogen-bond donors (Lipinski definition) is 1. The Kier molecular flexibility index (Phi) is 6.16. The summed E-state index contributed by atoms with van der Waals surface area (Å²) >= 11 is 1.97. The lowest BCUT2D eigenvalue weighted by molar-refractivity contribution is 0.654. The summed E-state index contributed by atoms with van der Waals surface area (Å²) in [5.41, 5.74) is 17.3. The van der Waals surface area contributed by atoms with E-state index in [9.17, 15) is 0 Å². The minimum absolute atomic E-state index is 1.16. The van der Waals surface area contributed by atoms with Crippen molar-refractivity contribution in [2.24, 2.45) is 0 Å². The minimum atomic E-state index is 1.16. The second-order valence-corrected chi connectivity index (χ2v) is 14.8. The molecule has 0 spiro atoms. The average molecular weight is 612 g/mol. The van der Waals surface area contributed by atoms with Crippen molar-refractivity contribution in [3.05, 3.63) is 125 Å². The zero-order chi connectivity index (χ0) is 30.2. The highest BCUT2D eigenvalue weighted by atomic mass is 32.1. The number of aromatic amines is 1. The molecule has 0 saturated carbocycles. The Balaban J connectivity index is 1.23. The van der Waals surface area contributed by atoms with Crippen molar-refractivity contribution >= 4 is 58.9 Å². The van der Waals surface area contributed by atoms with Gasteiger partial charge in [0, 0.05) is 47.5 Å². The van der Waals surface area contributed by atoms with E-state index in [1.807, 2.05) is 11.3 Å². The van der Waals surface area contributed by atoms with E-state index in [2.05, 4.69) is 102 Å². The molecular formula is C44H37NS. The Labute approximate surface area is 274 Å². The number of thiophene rings is 1. The van der Waals surface area contributed by atoms with Gasteiger partial charge in [-0.05, 0) is 151 Å². The number of fused-ring (bicyclic) bond motifs is 7. The Morgan fingerprint density at radius 1 is 0.543 bits per heavy atom. The molecule has 0 bridgehead atoms.